The fourth-order valence-corrected chi connectivity index (χ4v) is 4.44. The van der Waals surface area contributed by atoms with Crippen LogP contribution in [0.1, 0.15) is 19.7 Å². The molecule has 0 aliphatic carbocycles. The van der Waals surface area contributed by atoms with E-state index in [0.717, 1.165) is 30.5 Å². The van der Waals surface area contributed by atoms with Crippen molar-refractivity contribution in [2.45, 2.75) is 25.6 Å². The molecule has 1 saturated heterocycles. The van der Waals surface area contributed by atoms with Crippen LogP contribution in [-0.2, 0) is 16.1 Å². The number of hydrogen-bond donors (Lipinski definition) is 2. The monoisotopic (exact) mass is 546 g/mol. The fourth-order valence-electron chi connectivity index (χ4n) is 3.77. The first-order chi connectivity index (χ1) is 18.5. The number of carbonyl (C=O) groups is 1. The van der Waals surface area contributed by atoms with Crippen molar-refractivity contribution in [3.05, 3.63) is 48.0 Å². The maximum Gasteiger partial charge on any atom is 0.234 e. The highest BCUT2D eigenvalue weighted by Gasteiger charge is 2.21. The molecule has 1 amide bonds. The number of hydrogen-bond acceptors (Lipinski definition) is 10. The van der Waals surface area contributed by atoms with Gasteiger partial charge in [0, 0.05) is 25.2 Å². The van der Waals surface area contributed by atoms with E-state index in [2.05, 4.69) is 20.4 Å². The number of ether oxygens (including phenoxy) is 4. The maximum atomic E-state index is 13.8. The topological polar surface area (TPSA) is 126 Å². The number of benzene rings is 2. The normalized spacial score (nSPS) is 13.3. The number of rotatable bonds is 12. The molecule has 38 heavy (non-hydrogen) atoms. The van der Waals surface area contributed by atoms with Crippen LogP contribution < -0.4 is 30.3 Å². The second kappa shape index (κ2) is 13.2. The van der Waals surface area contributed by atoms with Crippen LogP contribution in [0.4, 0.5) is 15.8 Å². The van der Waals surface area contributed by atoms with E-state index in [9.17, 15) is 9.18 Å². The Morgan fingerprint density at radius 1 is 1.08 bits per heavy atom. The SMILES string of the molecule is CCOc1cc(N2CCOCC2)c(OCC)cc1NC(=O)CSc1nnc(COc2ccccc2F)n1N. The molecule has 3 N–H and O–H groups in total. The summed E-state index contributed by atoms with van der Waals surface area (Å²) in [5, 5.41) is 11.2. The number of nitrogens with one attached hydrogen (secondary N) is 1. The standard InChI is InChI=1S/C25H31FN6O5S/c1-3-35-21-14-19(31-9-11-34-12-10-31)22(36-4-2)13-18(21)28-24(33)16-38-25-30-29-23(32(25)27)15-37-20-8-6-5-7-17(20)26/h5-8,13-14H,3-4,9-12,15-16,27H2,1-2H3,(H,28,33). The van der Waals surface area contributed by atoms with Crippen LogP contribution in [0.3, 0.4) is 0 Å². The molecule has 204 valence electrons. The fraction of sp³-hybridized carbons (Fsp3) is 0.400. The molecular formula is C25H31FN6O5S. The van der Waals surface area contributed by atoms with Crippen LogP contribution >= 0.6 is 11.8 Å². The van der Waals surface area contributed by atoms with Gasteiger partial charge in [-0.05, 0) is 26.0 Å². The Hall–Kier alpha value is -3.71. The Labute approximate surface area is 224 Å². The minimum Gasteiger partial charge on any atom is -0.492 e. The summed E-state index contributed by atoms with van der Waals surface area (Å²) in [6.45, 7) is 7.36. The Bertz CT molecular complexity index is 1240. The van der Waals surface area contributed by atoms with Gasteiger partial charge in [0.15, 0.2) is 17.4 Å². The minimum atomic E-state index is -0.487. The zero-order valence-corrected chi connectivity index (χ0v) is 22.1. The predicted octanol–water partition coefficient (Wildman–Crippen LogP) is 3.07. The van der Waals surface area contributed by atoms with Crippen molar-refractivity contribution < 1.29 is 28.1 Å². The Kier molecular flexibility index (Phi) is 9.49. The van der Waals surface area contributed by atoms with E-state index in [1.807, 2.05) is 19.9 Å². The van der Waals surface area contributed by atoms with E-state index in [4.69, 9.17) is 24.8 Å². The first kappa shape index (κ1) is 27.3. The molecule has 11 nitrogen and oxygen atoms in total. The third kappa shape index (κ3) is 6.78. The number of nitrogen functional groups attached to an aromatic ring is 1. The van der Waals surface area contributed by atoms with Gasteiger partial charge in [-0.15, -0.1) is 10.2 Å². The van der Waals surface area contributed by atoms with Gasteiger partial charge in [0.2, 0.25) is 11.1 Å². The van der Waals surface area contributed by atoms with Crippen molar-refractivity contribution in [1.82, 2.24) is 14.9 Å². The van der Waals surface area contributed by atoms with Gasteiger partial charge in [0.25, 0.3) is 0 Å². The summed E-state index contributed by atoms with van der Waals surface area (Å²) in [5.41, 5.74) is 1.40. The highest BCUT2D eigenvalue weighted by atomic mass is 32.2. The summed E-state index contributed by atoms with van der Waals surface area (Å²) in [7, 11) is 0. The quantitative estimate of drug-likeness (QED) is 0.259. The highest BCUT2D eigenvalue weighted by molar-refractivity contribution is 7.99. The van der Waals surface area contributed by atoms with Crippen LogP contribution in [0.2, 0.25) is 0 Å². The van der Waals surface area contributed by atoms with Crippen molar-refractivity contribution in [3.8, 4) is 17.2 Å². The number of para-hydroxylation sites is 1. The predicted molar refractivity (Wildman–Crippen MR) is 142 cm³/mol. The molecule has 0 spiro atoms. The van der Waals surface area contributed by atoms with E-state index in [1.165, 1.54) is 16.8 Å². The van der Waals surface area contributed by atoms with E-state index in [0.29, 0.717) is 48.8 Å². The lowest BCUT2D eigenvalue weighted by atomic mass is 10.2. The van der Waals surface area contributed by atoms with Gasteiger partial charge in [-0.1, -0.05) is 23.9 Å². The van der Waals surface area contributed by atoms with Gasteiger partial charge in [0.1, 0.15) is 18.1 Å². The van der Waals surface area contributed by atoms with E-state index < -0.39 is 5.82 Å². The van der Waals surface area contributed by atoms with E-state index in [-0.39, 0.29) is 29.8 Å². The van der Waals surface area contributed by atoms with Crippen LogP contribution in [-0.4, -0.2) is 66.1 Å². The van der Waals surface area contributed by atoms with Crippen molar-refractivity contribution in [3.63, 3.8) is 0 Å². The van der Waals surface area contributed by atoms with Crippen molar-refractivity contribution in [2.75, 3.05) is 61.3 Å². The summed E-state index contributed by atoms with van der Waals surface area (Å²) in [6, 6.07) is 9.71. The average molecular weight is 547 g/mol. The molecule has 2 heterocycles. The Morgan fingerprint density at radius 2 is 1.82 bits per heavy atom. The Morgan fingerprint density at radius 3 is 2.55 bits per heavy atom. The molecular weight excluding hydrogens is 515 g/mol. The van der Waals surface area contributed by atoms with Gasteiger partial charge in [0.05, 0.1) is 43.6 Å². The molecule has 0 radical (unpaired) electrons. The molecule has 3 aromatic rings. The number of halogens is 1. The number of carbonyl (C=O) groups excluding carboxylic acids is 1. The van der Waals surface area contributed by atoms with Crippen LogP contribution in [0.5, 0.6) is 17.2 Å². The van der Waals surface area contributed by atoms with Crippen LogP contribution in [0, 0.1) is 5.82 Å². The Balaban J connectivity index is 1.41. The molecule has 1 aromatic heterocycles. The van der Waals surface area contributed by atoms with E-state index >= 15 is 0 Å². The minimum absolute atomic E-state index is 0.0181. The molecule has 0 saturated carbocycles. The van der Waals surface area contributed by atoms with Crippen LogP contribution in [0.25, 0.3) is 0 Å². The summed E-state index contributed by atoms with van der Waals surface area (Å²) in [6.07, 6.45) is 0. The maximum absolute atomic E-state index is 13.8. The molecule has 1 fully saturated rings. The first-order valence-electron chi connectivity index (χ1n) is 12.3. The van der Waals surface area contributed by atoms with Gasteiger partial charge in [-0.2, -0.15) is 0 Å². The van der Waals surface area contributed by atoms with Crippen molar-refractivity contribution in [2.24, 2.45) is 0 Å². The van der Waals surface area contributed by atoms with Crippen molar-refractivity contribution >= 4 is 29.0 Å². The number of nitrogens with two attached hydrogens (primary N) is 1. The molecule has 1 aliphatic heterocycles. The number of aromatic nitrogens is 3. The number of morpholine rings is 1. The number of amides is 1. The lowest BCUT2D eigenvalue weighted by Crippen LogP contribution is -2.36. The van der Waals surface area contributed by atoms with E-state index in [1.54, 1.807) is 18.2 Å². The zero-order valence-electron chi connectivity index (χ0n) is 21.3. The summed E-state index contributed by atoms with van der Waals surface area (Å²) >= 11 is 1.11. The third-order valence-corrected chi connectivity index (χ3v) is 6.49. The summed E-state index contributed by atoms with van der Waals surface area (Å²) < 4.78 is 37.6. The lowest BCUT2D eigenvalue weighted by Gasteiger charge is -2.31. The lowest BCUT2D eigenvalue weighted by molar-refractivity contribution is -0.113. The van der Waals surface area contributed by atoms with Gasteiger partial charge in [-0.3, -0.25) is 4.79 Å². The largest absolute Gasteiger partial charge is 0.492 e. The van der Waals surface area contributed by atoms with Gasteiger partial charge >= 0.3 is 0 Å². The highest BCUT2D eigenvalue weighted by Crippen LogP contribution is 2.39. The summed E-state index contributed by atoms with van der Waals surface area (Å²) in [5.74, 6) is 6.88. The number of thioether (sulfide) groups is 1. The molecule has 13 heteroatoms. The number of anilines is 2. The molecule has 4 rings (SSSR count). The zero-order chi connectivity index (χ0) is 26.9. The average Bonchev–Trinajstić information content (AvgIpc) is 3.28. The van der Waals surface area contributed by atoms with Crippen molar-refractivity contribution in [1.29, 1.82) is 0 Å². The first-order valence-corrected chi connectivity index (χ1v) is 13.2. The smallest absolute Gasteiger partial charge is 0.234 e. The molecule has 0 atom stereocenters. The molecule has 2 aromatic carbocycles. The third-order valence-electron chi connectivity index (χ3n) is 5.55. The second-order valence-electron chi connectivity index (χ2n) is 8.11. The summed E-state index contributed by atoms with van der Waals surface area (Å²) in [4.78, 5) is 15.0. The molecule has 0 bridgehead atoms. The second-order valence-corrected chi connectivity index (χ2v) is 9.05. The van der Waals surface area contributed by atoms with Gasteiger partial charge < -0.3 is 35.0 Å². The van der Waals surface area contributed by atoms with Gasteiger partial charge in [-0.25, -0.2) is 9.07 Å². The molecule has 0 unspecified atom stereocenters. The molecule has 1 aliphatic rings. The van der Waals surface area contributed by atoms with Crippen LogP contribution in [0.15, 0.2) is 41.6 Å². The number of nitrogens with zero attached hydrogens (tertiary/aromatic N) is 4.